The van der Waals surface area contributed by atoms with Gasteiger partial charge in [0.15, 0.2) is 0 Å². The molecule has 0 bridgehead atoms. The fraction of sp³-hybridized carbons (Fsp3) is 1.00. The summed E-state index contributed by atoms with van der Waals surface area (Å²) < 4.78 is 0. The van der Waals surface area contributed by atoms with Gasteiger partial charge in [0, 0.05) is 18.6 Å². The molecule has 1 aliphatic carbocycles. The van der Waals surface area contributed by atoms with Gasteiger partial charge >= 0.3 is 0 Å². The first-order valence-electron chi connectivity index (χ1n) is 5.35. The third-order valence-electron chi connectivity index (χ3n) is 3.34. The molecule has 0 heterocycles. The molecule has 1 saturated carbocycles. The van der Waals surface area contributed by atoms with Crippen molar-refractivity contribution in [2.45, 2.75) is 38.1 Å². The maximum Gasteiger partial charge on any atom is 0.0558 e. The highest BCUT2D eigenvalue weighted by atomic mass is 16.3. The van der Waals surface area contributed by atoms with Crippen LogP contribution < -0.4 is 5.73 Å². The van der Waals surface area contributed by atoms with Crippen molar-refractivity contribution in [3.05, 3.63) is 0 Å². The van der Waals surface area contributed by atoms with Crippen LogP contribution in [0, 0.1) is 0 Å². The maximum absolute atomic E-state index is 8.96. The number of aliphatic hydroxyl groups is 1. The van der Waals surface area contributed by atoms with E-state index < -0.39 is 0 Å². The fourth-order valence-corrected chi connectivity index (χ4v) is 2.53. The number of likely N-dealkylation sites (N-methyl/N-ethyl adjacent to an activating group) is 1. The third-order valence-corrected chi connectivity index (χ3v) is 3.34. The Hall–Kier alpha value is -0.120. The van der Waals surface area contributed by atoms with Crippen molar-refractivity contribution in [3.8, 4) is 0 Å². The molecular weight excluding hydrogens is 164 g/mol. The van der Waals surface area contributed by atoms with Crippen LogP contribution in [0.15, 0.2) is 0 Å². The average Bonchev–Trinajstić information content (AvgIpc) is 2.63. The van der Waals surface area contributed by atoms with E-state index in [0.29, 0.717) is 0 Å². The Morgan fingerprint density at radius 3 is 2.38 bits per heavy atom. The van der Waals surface area contributed by atoms with Gasteiger partial charge in [0.25, 0.3) is 0 Å². The zero-order valence-corrected chi connectivity index (χ0v) is 8.63. The summed E-state index contributed by atoms with van der Waals surface area (Å²) in [6.07, 6.45) is 4.99. The van der Waals surface area contributed by atoms with E-state index in [2.05, 4.69) is 11.8 Å². The minimum absolute atomic E-state index is 0.206. The molecule has 1 aliphatic rings. The van der Waals surface area contributed by atoms with Crippen LogP contribution in [0.4, 0.5) is 0 Å². The molecule has 0 aromatic heterocycles. The first kappa shape index (κ1) is 11.0. The van der Waals surface area contributed by atoms with Crippen LogP contribution >= 0.6 is 0 Å². The highest BCUT2D eigenvalue weighted by Crippen LogP contribution is 2.33. The van der Waals surface area contributed by atoms with Crippen molar-refractivity contribution < 1.29 is 5.11 Å². The predicted octanol–water partition coefficient (Wildman–Crippen LogP) is 0.572. The molecule has 0 aliphatic heterocycles. The van der Waals surface area contributed by atoms with E-state index in [-0.39, 0.29) is 12.1 Å². The first-order chi connectivity index (χ1) is 6.29. The van der Waals surface area contributed by atoms with E-state index in [9.17, 15) is 0 Å². The van der Waals surface area contributed by atoms with Crippen molar-refractivity contribution in [2.24, 2.45) is 5.73 Å². The molecule has 13 heavy (non-hydrogen) atoms. The maximum atomic E-state index is 8.96. The molecule has 3 nitrogen and oxygen atoms in total. The van der Waals surface area contributed by atoms with Gasteiger partial charge in [0.2, 0.25) is 0 Å². The Balaban J connectivity index is 2.60. The zero-order chi connectivity index (χ0) is 9.73. The minimum Gasteiger partial charge on any atom is -0.395 e. The largest absolute Gasteiger partial charge is 0.395 e. The molecule has 1 rings (SSSR count). The summed E-state index contributed by atoms with van der Waals surface area (Å²) in [5.41, 5.74) is 6.06. The monoisotopic (exact) mass is 186 g/mol. The molecule has 0 atom stereocenters. The number of hydrogen-bond donors (Lipinski definition) is 2. The van der Waals surface area contributed by atoms with E-state index in [1.165, 1.54) is 25.7 Å². The summed E-state index contributed by atoms with van der Waals surface area (Å²) in [6.45, 7) is 4.90. The van der Waals surface area contributed by atoms with Gasteiger partial charge in [-0.1, -0.05) is 19.8 Å². The second-order valence-corrected chi connectivity index (χ2v) is 3.94. The lowest BCUT2D eigenvalue weighted by Gasteiger charge is -2.39. The molecule has 0 amide bonds. The average molecular weight is 186 g/mol. The molecule has 0 aromatic rings. The second-order valence-electron chi connectivity index (χ2n) is 3.94. The number of rotatable bonds is 5. The first-order valence-corrected chi connectivity index (χ1v) is 5.35. The number of nitrogens with two attached hydrogens (primary N) is 1. The topological polar surface area (TPSA) is 49.5 Å². The molecule has 0 radical (unpaired) electrons. The molecule has 0 spiro atoms. The lowest BCUT2D eigenvalue weighted by molar-refractivity contribution is 0.0821. The zero-order valence-electron chi connectivity index (χ0n) is 8.63. The Labute approximate surface area is 80.9 Å². The van der Waals surface area contributed by atoms with E-state index in [1.54, 1.807) is 0 Å². The molecule has 0 saturated heterocycles. The Bertz CT molecular complexity index is 144. The van der Waals surface area contributed by atoms with Crippen LogP contribution in [0.2, 0.25) is 0 Å². The van der Waals surface area contributed by atoms with Gasteiger partial charge in [-0.2, -0.15) is 0 Å². The van der Waals surface area contributed by atoms with Crippen LogP contribution in [0.1, 0.15) is 32.6 Å². The van der Waals surface area contributed by atoms with Crippen molar-refractivity contribution in [2.75, 3.05) is 26.2 Å². The van der Waals surface area contributed by atoms with Crippen LogP contribution in [0.3, 0.4) is 0 Å². The number of hydrogen-bond acceptors (Lipinski definition) is 3. The van der Waals surface area contributed by atoms with E-state index >= 15 is 0 Å². The van der Waals surface area contributed by atoms with Crippen LogP contribution in [0.5, 0.6) is 0 Å². The van der Waals surface area contributed by atoms with E-state index in [4.69, 9.17) is 10.8 Å². The molecule has 0 aromatic carbocycles. The minimum atomic E-state index is 0.206. The van der Waals surface area contributed by atoms with Gasteiger partial charge in [-0.3, -0.25) is 4.90 Å². The van der Waals surface area contributed by atoms with Crippen molar-refractivity contribution in [1.29, 1.82) is 0 Å². The summed E-state index contributed by atoms with van der Waals surface area (Å²) in [4.78, 5) is 2.35. The molecule has 1 fully saturated rings. The molecule has 0 unspecified atom stereocenters. The lowest BCUT2D eigenvalue weighted by atomic mass is 9.95. The van der Waals surface area contributed by atoms with Gasteiger partial charge in [0.1, 0.15) is 0 Å². The molecule has 78 valence electrons. The predicted molar refractivity (Wildman–Crippen MR) is 54.6 cm³/mol. The summed E-state index contributed by atoms with van der Waals surface area (Å²) in [5.74, 6) is 0. The van der Waals surface area contributed by atoms with Crippen LogP contribution in [0.25, 0.3) is 0 Å². The Morgan fingerprint density at radius 2 is 2.00 bits per heavy atom. The molecular formula is C10H22N2O. The van der Waals surface area contributed by atoms with Gasteiger partial charge < -0.3 is 10.8 Å². The highest BCUT2D eigenvalue weighted by Gasteiger charge is 2.36. The van der Waals surface area contributed by atoms with Crippen LogP contribution in [-0.4, -0.2) is 41.8 Å². The highest BCUT2D eigenvalue weighted by molar-refractivity contribution is 4.95. The third kappa shape index (κ3) is 2.22. The smallest absolute Gasteiger partial charge is 0.0558 e. The second kappa shape index (κ2) is 4.94. The SMILES string of the molecule is CCN(CCO)C1(CN)CCCC1. The van der Waals surface area contributed by atoms with Gasteiger partial charge in [-0.05, 0) is 19.4 Å². The molecule has 3 heteroatoms. The molecule has 3 N–H and O–H groups in total. The standard InChI is InChI=1S/C10H22N2O/c1-2-12(7-8-13)10(9-11)5-3-4-6-10/h13H,2-9,11H2,1H3. The Morgan fingerprint density at radius 1 is 1.38 bits per heavy atom. The van der Waals surface area contributed by atoms with Gasteiger partial charge in [-0.25, -0.2) is 0 Å². The van der Waals surface area contributed by atoms with E-state index in [0.717, 1.165) is 19.6 Å². The van der Waals surface area contributed by atoms with Gasteiger partial charge in [-0.15, -0.1) is 0 Å². The normalized spacial score (nSPS) is 21.2. The summed E-state index contributed by atoms with van der Waals surface area (Å²) in [6, 6.07) is 0. The lowest BCUT2D eigenvalue weighted by Crippen LogP contribution is -2.52. The van der Waals surface area contributed by atoms with Crippen molar-refractivity contribution >= 4 is 0 Å². The van der Waals surface area contributed by atoms with Crippen molar-refractivity contribution in [1.82, 2.24) is 4.90 Å². The fourth-order valence-electron chi connectivity index (χ4n) is 2.53. The Kier molecular flexibility index (Phi) is 4.16. The summed E-state index contributed by atoms with van der Waals surface area (Å²) >= 11 is 0. The van der Waals surface area contributed by atoms with Crippen LogP contribution in [-0.2, 0) is 0 Å². The number of β-amino-alcohol motifs (C(OH)–C–C–N with tert-alkyl or cyclic N) is 1. The summed E-state index contributed by atoms with van der Waals surface area (Å²) in [5, 5.41) is 8.96. The number of nitrogens with zero attached hydrogens (tertiary/aromatic N) is 1. The quantitative estimate of drug-likeness (QED) is 0.660. The van der Waals surface area contributed by atoms with Gasteiger partial charge in [0.05, 0.1) is 6.61 Å². The van der Waals surface area contributed by atoms with E-state index in [1.807, 2.05) is 0 Å². The summed E-state index contributed by atoms with van der Waals surface area (Å²) in [7, 11) is 0. The van der Waals surface area contributed by atoms with Crippen molar-refractivity contribution in [3.63, 3.8) is 0 Å². The number of aliphatic hydroxyl groups excluding tert-OH is 1.